The van der Waals surface area contributed by atoms with Crippen molar-refractivity contribution < 1.29 is 10.2 Å². The largest absolute Gasteiger partial charge is 0.506 e. The van der Waals surface area contributed by atoms with E-state index < -0.39 is 0 Å². The number of halogens is 4. The minimum atomic E-state index is 0.206. The lowest BCUT2D eigenvalue weighted by atomic mass is 10.1. The highest BCUT2D eigenvalue weighted by Gasteiger charge is 2.10. The molecule has 118 valence electrons. The van der Waals surface area contributed by atoms with Crippen LogP contribution in [0.15, 0.2) is 42.2 Å². The predicted molar refractivity (Wildman–Crippen MR) is 102 cm³/mol. The van der Waals surface area contributed by atoms with Crippen molar-refractivity contribution in [3.63, 3.8) is 0 Å². The molecule has 0 aromatic heterocycles. The molecule has 2 aromatic rings. The zero-order valence-corrected chi connectivity index (χ0v) is 17.9. The minimum Gasteiger partial charge on any atom is -0.506 e. The van der Waals surface area contributed by atoms with Crippen LogP contribution in [0.3, 0.4) is 0 Å². The number of phenolic OH excluding ortho intramolecular Hbond substituents is 2. The van der Waals surface area contributed by atoms with Crippen LogP contribution in [0.2, 0.25) is 0 Å². The first-order valence-corrected chi connectivity index (χ1v) is 9.47. The Bertz CT molecular complexity index is 600. The van der Waals surface area contributed by atoms with Gasteiger partial charge in [-0.15, -0.1) is 0 Å². The maximum atomic E-state index is 9.75. The molecule has 2 N–H and O–H groups in total. The molecule has 0 saturated heterocycles. The summed E-state index contributed by atoms with van der Waals surface area (Å²) in [5, 5.41) is 19.5. The van der Waals surface area contributed by atoms with Crippen molar-refractivity contribution >= 4 is 63.7 Å². The van der Waals surface area contributed by atoms with Gasteiger partial charge in [0.25, 0.3) is 0 Å². The Balaban J connectivity index is 2.12. The third kappa shape index (κ3) is 4.47. The van der Waals surface area contributed by atoms with E-state index in [-0.39, 0.29) is 11.5 Å². The molecule has 0 aliphatic heterocycles. The van der Waals surface area contributed by atoms with Crippen molar-refractivity contribution in [2.45, 2.75) is 13.1 Å². The van der Waals surface area contributed by atoms with Gasteiger partial charge in [0.1, 0.15) is 11.5 Å². The summed E-state index contributed by atoms with van der Waals surface area (Å²) in [5.41, 5.74) is 2.16. The highest BCUT2D eigenvalue weighted by molar-refractivity contribution is 9.11. The molecule has 0 fully saturated rings. The number of aromatic hydroxyl groups is 2. The molecule has 0 atom stereocenters. The van der Waals surface area contributed by atoms with Crippen LogP contribution in [0.5, 0.6) is 11.5 Å². The van der Waals surface area contributed by atoms with Crippen molar-refractivity contribution in [1.82, 2.24) is 4.90 Å². The van der Waals surface area contributed by atoms with Crippen LogP contribution in [-0.4, -0.2) is 22.2 Å². The molecule has 0 bridgehead atoms. The third-order valence-electron chi connectivity index (χ3n) is 3.06. The summed E-state index contributed by atoms with van der Waals surface area (Å²) in [6.45, 7) is 1.46. The molecule has 2 aromatic carbocycles. The van der Waals surface area contributed by atoms with Gasteiger partial charge in [0.05, 0.1) is 17.9 Å². The Labute approximate surface area is 162 Å². The van der Waals surface area contributed by atoms with Crippen LogP contribution in [0.25, 0.3) is 0 Å². The number of hydrogen-bond acceptors (Lipinski definition) is 3. The fraction of sp³-hybridized carbons (Fsp3) is 0.200. The molecule has 0 aliphatic carbocycles. The highest BCUT2D eigenvalue weighted by Crippen LogP contribution is 2.35. The van der Waals surface area contributed by atoms with E-state index in [1.165, 1.54) is 0 Å². The molecule has 7 heteroatoms. The van der Waals surface area contributed by atoms with E-state index in [0.717, 1.165) is 24.2 Å². The van der Waals surface area contributed by atoms with Crippen molar-refractivity contribution in [3.05, 3.63) is 53.3 Å². The Morgan fingerprint density at radius 2 is 1.00 bits per heavy atom. The monoisotopic (exact) mass is 555 g/mol. The minimum absolute atomic E-state index is 0.206. The van der Waals surface area contributed by atoms with Crippen LogP contribution >= 0.6 is 63.7 Å². The summed E-state index contributed by atoms with van der Waals surface area (Å²) in [5.74, 6) is 0.413. The molecule has 0 spiro atoms. The molecule has 22 heavy (non-hydrogen) atoms. The summed E-state index contributed by atoms with van der Waals surface area (Å²) in [6.07, 6.45) is 0. The van der Waals surface area contributed by atoms with Gasteiger partial charge in [-0.05, 0) is 106 Å². The first-order valence-electron chi connectivity index (χ1n) is 6.30. The van der Waals surface area contributed by atoms with E-state index in [4.69, 9.17) is 0 Å². The topological polar surface area (TPSA) is 43.7 Å². The Morgan fingerprint density at radius 3 is 1.27 bits per heavy atom. The predicted octanol–water partition coefficient (Wildman–Crippen LogP) is 5.78. The summed E-state index contributed by atoms with van der Waals surface area (Å²) < 4.78 is 2.67. The van der Waals surface area contributed by atoms with Gasteiger partial charge in [0.2, 0.25) is 0 Å². The molecule has 0 unspecified atom stereocenters. The van der Waals surface area contributed by atoms with E-state index in [1.807, 2.05) is 31.3 Å². The molecular weight excluding hydrogens is 546 g/mol. The lowest BCUT2D eigenvalue weighted by molar-refractivity contribution is 0.318. The lowest BCUT2D eigenvalue weighted by Gasteiger charge is -2.18. The summed E-state index contributed by atoms with van der Waals surface area (Å²) in [4.78, 5) is 2.15. The zero-order chi connectivity index (χ0) is 16.4. The second kappa shape index (κ2) is 7.66. The first kappa shape index (κ1) is 18.3. The average molecular weight is 559 g/mol. The fourth-order valence-electron chi connectivity index (χ4n) is 2.10. The molecule has 0 heterocycles. The van der Waals surface area contributed by atoms with E-state index in [2.05, 4.69) is 68.6 Å². The Morgan fingerprint density at radius 1 is 0.727 bits per heavy atom. The normalized spacial score (nSPS) is 11.2. The summed E-state index contributed by atoms with van der Waals surface area (Å²) in [7, 11) is 2.02. The number of benzene rings is 2. The first-order chi connectivity index (χ1) is 10.3. The molecular formula is C15H13Br4NO2. The standard InChI is InChI=1S/C15H13Br4NO2/c1-20(6-8-2-10(16)14(21)11(17)3-8)7-9-4-12(18)15(22)13(19)5-9/h2-5,21-22H,6-7H2,1H3. The smallest absolute Gasteiger partial charge is 0.143 e. The zero-order valence-electron chi connectivity index (χ0n) is 11.6. The van der Waals surface area contributed by atoms with Gasteiger partial charge < -0.3 is 10.2 Å². The van der Waals surface area contributed by atoms with Crippen LogP contribution in [0.1, 0.15) is 11.1 Å². The van der Waals surface area contributed by atoms with Crippen molar-refractivity contribution in [2.75, 3.05) is 7.05 Å². The molecule has 0 radical (unpaired) electrons. The van der Waals surface area contributed by atoms with Gasteiger partial charge in [0, 0.05) is 13.1 Å². The van der Waals surface area contributed by atoms with Gasteiger partial charge in [0.15, 0.2) is 0 Å². The molecule has 0 saturated carbocycles. The molecule has 3 nitrogen and oxygen atoms in total. The summed E-state index contributed by atoms with van der Waals surface area (Å²) >= 11 is 13.4. The number of phenols is 2. The number of hydrogen-bond donors (Lipinski definition) is 2. The van der Waals surface area contributed by atoms with Crippen LogP contribution < -0.4 is 0 Å². The number of rotatable bonds is 4. The molecule has 2 rings (SSSR count). The SMILES string of the molecule is CN(Cc1cc(Br)c(O)c(Br)c1)Cc1cc(Br)c(O)c(Br)c1. The van der Waals surface area contributed by atoms with Crippen LogP contribution in [0, 0.1) is 0 Å². The lowest BCUT2D eigenvalue weighted by Crippen LogP contribution is -2.17. The van der Waals surface area contributed by atoms with E-state index >= 15 is 0 Å². The Hall–Kier alpha value is -0.0800. The van der Waals surface area contributed by atoms with E-state index in [9.17, 15) is 10.2 Å². The van der Waals surface area contributed by atoms with Gasteiger partial charge in [-0.2, -0.15) is 0 Å². The Kier molecular flexibility index (Phi) is 6.36. The van der Waals surface area contributed by atoms with Gasteiger partial charge in [-0.3, -0.25) is 4.90 Å². The van der Waals surface area contributed by atoms with Crippen molar-refractivity contribution in [3.8, 4) is 11.5 Å². The second-order valence-corrected chi connectivity index (χ2v) is 8.41. The number of nitrogens with zero attached hydrogens (tertiary/aromatic N) is 1. The maximum Gasteiger partial charge on any atom is 0.143 e. The molecule has 0 amide bonds. The maximum absolute atomic E-state index is 9.75. The van der Waals surface area contributed by atoms with Gasteiger partial charge in [-0.25, -0.2) is 0 Å². The second-order valence-electron chi connectivity index (χ2n) is 4.99. The molecule has 0 aliphatic rings. The quantitative estimate of drug-likeness (QED) is 0.500. The van der Waals surface area contributed by atoms with E-state index in [1.54, 1.807) is 0 Å². The van der Waals surface area contributed by atoms with Crippen LogP contribution in [-0.2, 0) is 13.1 Å². The van der Waals surface area contributed by atoms with Crippen molar-refractivity contribution in [2.24, 2.45) is 0 Å². The average Bonchev–Trinajstić information content (AvgIpc) is 2.41. The summed E-state index contributed by atoms with van der Waals surface area (Å²) in [6, 6.07) is 7.61. The van der Waals surface area contributed by atoms with Crippen molar-refractivity contribution in [1.29, 1.82) is 0 Å². The third-order valence-corrected chi connectivity index (χ3v) is 5.48. The van der Waals surface area contributed by atoms with Gasteiger partial charge >= 0.3 is 0 Å². The highest BCUT2D eigenvalue weighted by atomic mass is 79.9. The van der Waals surface area contributed by atoms with Crippen LogP contribution in [0.4, 0.5) is 0 Å². The van der Waals surface area contributed by atoms with E-state index in [0.29, 0.717) is 17.9 Å². The van der Waals surface area contributed by atoms with Gasteiger partial charge in [-0.1, -0.05) is 0 Å². The fourth-order valence-corrected chi connectivity index (χ4v) is 4.66.